The summed E-state index contributed by atoms with van der Waals surface area (Å²) in [4.78, 5) is 0. The van der Waals surface area contributed by atoms with Gasteiger partial charge in [0.15, 0.2) is 0 Å². The van der Waals surface area contributed by atoms with Crippen LogP contribution in [0.3, 0.4) is 0 Å². The summed E-state index contributed by atoms with van der Waals surface area (Å²) in [5.74, 6) is 1.09. The molecule has 0 aliphatic carbocycles. The second-order valence-electron chi connectivity index (χ2n) is 2.40. The van der Waals surface area contributed by atoms with Crippen LogP contribution in [0.15, 0.2) is 28.7 Å². The van der Waals surface area contributed by atoms with Gasteiger partial charge in [0.2, 0.25) is 11.8 Å². The first-order valence-corrected chi connectivity index (χ1v) is 3.63. The molecule has 3 heteroatoms. The monoisotopic (exact) mass is 159 g/mol. The Balaban J connectivity index is 2.45. The molecule has 59 valence electrons. The third kappa shape index (κ3) is 1.21. The highest BCUT2D eigenvalue weighted by molar-refractivity contribution is 5.50. The van der Waals surface area contributed by atoms with Gasteiger partial charge in [-0.25, -0.2) is 0 Å². The number of aromatic nitrogens is 2. The Kier molecular flexibility index (Phi) is 1.63. The van der Waals surface area contributed by atoms with Crippen LogP contribution in [0, 0.1) is 13.0 Å². The summed E-state index contributed by atoms with van der Waals surface area (Å²) in [6, 6.07) is 10.5. The summed E-state index contributed by atoms with van der Waals surface area (Å²) >= 11 is 0. The zero-order valence-corrected chi connectivity index (χ0v) is 6.61. The van der Waals surface area contributed by atoms with Crippen LogP contribution in [0.1, 0.15) is 5.89 Å². The number of hydrogen-bond acceptors (Lipinski definition) is 3. The molecule has 0 N–H and O–H groups in total. The van der Waals surface area contributed by atoms with Crippen LogP contribution in [0.2, 0.25) is 0 Å². The quantitative estimate of drug-likeness (QED) is 0.637. The zero-order valence-electron chi connectivity index (χ0n) is 6.61. The second kappa shape index (κ2) is 2.77. The molecule has 2 rings (SSSR count). The maximum atomic E-state index is 5.22. The first-order chi connectivity index (χ1) is 5.86. The van der Waals surface area contributed by atoms with E-state index in [2.05, 4.69) is 16.3 Å². The van der Waals surface area contributed by atoms with Crippen molar-refractivity contribution in [3.63, 3.8) is 0 Å². The van der Waals surface area contributed by atoms with Gasteiger partial charge < -0.3 is 4.42 Å². The molecule has 1 heterocycles. The van der Waals surface area contributed by atoms with Gasteiger partial charge in [0, 0.05) is 12.5 Å². The standard InChI is InChI=1S/C9H7N2O/c1-7-10-11-9(12-7)8-5-3-2-4-6-8/h2-5H,1H3. The van der Waals surface area contributed by atoms with Gasteiger partial charge in [-0.05, 0) is 12.1 Å². The predicted molar refractivity (Wildman–Crippen MR) is 43.3 cm³/mol. The molecule has 0 aliphatic heterocycles. The Bertz CT molecular complexity index is 367. The van der Waals surface area contributed by atoms with Crippen molar-refractivity contribution in [1.29, 1.82) is 0 Å². The molecule has 12 heavy (non-hydrogen) atoms. The Hall–Kier alpha value is -1.64. The molecule has 0 spiro atoms. The van der Waals surface area contributed by atoms with E-state index in [1.165, 1.54) is 0 Å². The lowest BCUT2D eigenvalue weighted by atomic mass is 10.2. The van der Waals surface area contributed by atoms with E-state index >= 15 is 0 Å². The van der Waals surface area contributed by atoms with Crippen molar-refractivity contribution in [3.05, 3.63) is 36.2 Å². The molecule has 0 amide bonds. The van der Waals surface area contributed by atoms with Crippen LogP contribution in [0.25, 0.3) is 11.5 Å². The van der Waals surface area contributed by atoms with Crippen molar-refractivity contribution in [2.45, 2.75) is 6.92 Å². The van der Waals surface area contributed by atoms with Crippen molar-refractivity contribution in [2.24, 2.45) is 0 Å². The van der Waals surface area contributed by atoms with E-state index in [0.717, 1.165) is 5.56 Å². The Morgan fingerprint density at radius 3 is 2.83 bits per heavy atom. The molecular formula is C9H7N2O. The molecule has 0 saturated carbocycles. The summed E-state index contributed by atoms with van der Waals surface area (Å²) < 4.78 is 5.22. The second-order valence-corrected chi connectivity index (χ2v) is 2.40. The summed E-state index contributed by atoms with van der Waals surface area (Å²) in [7, 11) is 0. The van der Waals surface area contributed by atoms with Gasteiger partial charge in [0.1, 0.15) is 0 Å². The van der Waals surface area contributed by atoms with Crippen LogP contribution in [0.4, 0.5) is 0 Å². The first-order valence-electron chi connectivity index (χ1n) is 3.63. The summed E-state index contributed by atoms with van der Waals surface area (Å²) in [5.41, 5.74) is 0.832. The van der Waals surface area contributed by atoms with Gasteiger partial charge in [-0.15, -0.1) is 10.2 Å². The molecule has 1 aromatic carbocycles. The van der Waals surface area contributed by atoms with Crippen LogP contribution < -0.4 is 0 Å². The largest absolute Gasteiger partial charge is 0.421 e. The Morgan fingerprint density at radius 2 is 2.25 bits per heavy atom. The average molecular weight is 159 g/mol. The third-order valence-corrected chi connectivity index (χ3v) is 1.47. The highest BCUT2D eigenvalue weighted by Crippen LogP contribution is 2.15. The van der Waals surface area contributed by atoms with E-state index in [-0.39, 0.29) is 0 Å². The van der Waals surface area contributed by atoms with Gasteiger partial charge in [0.25, 0.3) is 0 Å². The fourth-order valence-electron chi connectivity index (χ4n) is 0.932. The van der Waals surface area contributed by atoms with E-state index in [1.807, 2.05) is 24.3 Å². The number of nitrogens with zero attached hydrogens (tertiary/aromatic N) is 2. The van der Waals surface area contributed by atoms with Crippen LogP contribution in [-0.2, 0) is 0 Å². The topological polar surface area (TPSA) is 38.9 Å². The molecule has 3 nitrogen and oxygen atoms in total. The van der Waals surface area contributed by atoms with Gasteiger partial charge in [-0.1, -0.05) is 18.2 Å². The first kappa shape index (κ1) is 7.03. The van der Waals surface area contributed by atoms with Crippen molar-refractivity contribution in [1.82, 2.24) is 10.2 Å². The molecule has 1 aromatic heterocycles. The number of rotatable bonds is 1. The molecular weight excluding hydrogens is 152 g/mol. The van der Waals surface area contributed by atoms with Gasteiger partial charge >= 0.3 is 0 Å². The molecule has 0 saturated heterocycles. The van der Waals surface area contributed by atoms with Gasteiger partial charge in [0.05, 0.1) is 0 Å². The van der Waals surface area contributed by atoms with E-state index in [9.17, 15) is 0 Å². The lowest BCUT2D eigenvalue weighted by Gasteiger charge is -1.89. The van der Waals surface area contributed by atoms with Gasteiger partial charge in [-0.3, -0.25) is 0 Å². The fraction of sp³-hybridized carbons (Fsp3) is 0.111. The Labute approximate surface area is 70.1 Å². The summed E-state index contributed by atoms with van der Waals surface area (Å²) in [5, 5.41) is 7.59. The SMILES string of the molecule is Cc1nnc(-c2[c]cccc2)o1. The summed E-state index contributed by atoms with van der Waals surface area (Å²) in [6.45, 7) is 1.76. The minimum Gasteiger partial charge on any atom is -0.421 e. The van der Waals surface area contributed by atoms with E-state index in [1.54, 1.807) is 6.92 Å². The number of benzene rings is 1. The lowest BCUT2D eigenvalue weighted by Crippen LogP contribution is -1.75. The molecule has 0 unspecified atom stereocenters. The maximum absolute atomic E-state index is 5.22. The lowest BCUT2D eigenvalue weighted by molar-refractivity contribution is 0.532. The van der Waals surface area contributed by atoms with Crippen molar-refractivity contribution in [3.8, 4) is 11.5 Å². The molecule has 0 bridgehead atoms. The maximum Gasteiger partial charge on any atom is 0.248 e. The molecule has 0 atom stereocenters. The van der Waals surface area contributed by atoms with Crippen molar-refractivity contribution in [2.75, 3.05) is 0 Å². The van der Waals surface area contributed by atoms with Crippen molar-refractivity contribution >= 4 is 0 Å². The predicted octanol–water partition coefficient (Wildman–Crippen LogP) is 1.85. The average Bonchev–Trinajstić information content (AvgIpc) is 2.54. The highest BCUT2D eigenvalue weighted by Gasteiger charge is 2.03. The van der Waals surface area contributed by atoms with E-state index in [4.69, 9.17) is 4.42 Å². The van der Waals surface area contributed by atoms with E-state index < -0.39 is 0 Å². The fourth-order valence-corrected chi connectivity index (χ4v) is 0.932. The smallest absolute Gasteiger partial charge is 0.248 e. The normalized spacial score (nSPS) is 10.1. The summed E-state index contributed by atoms with van der Waals surface area (Å²) in [6.07, 6.45) is 0. The number of aryl methyl sites for hydroxylation is 1. The van der Waals surface area contributed by atoms with Crippen LogP contribution in [0.5, 0.6) is 0 Å². The minimum absolute atomic E-state index is 0.521. The molecule has 1 radical (unpaired) electrons. The molecule has 0 aliphatic rings. The number of hydrogen-bond donors (Lipinski definition) is 0. The van der Waals surface area contributed by atoms with Crippen LogP contribution >= 0.6 is 0 Å². The Morgan fingerprint density at radius 1 is 1.33 bits per heavy atom. The molecule has 0 fully saturated rings. The third-order valence-electron chi connectivity index (χ3n) is 1.47. The van der Waals surface area contributed by atoms with Crippen LogP contribution in [-0.4, -0.2) is 10.2 Å². The molecule has 2 aromatic rings. The highest BCUT2D eigenvalue weighted by atomic mass is 16.4. The van der Waals surface area contributed by atoms with E-state index in [0.29, 0.717) is 11.8 Å². The zero-order chi connectivity index (χ0) is 8.39. The minimum atomic E-state index is 0.521. The van der Waals surface area contributed by atoms with Crippen molar-refractivity contribution < 1.29 is 4.42 Å². The van der Waals surface area contributed by atoms with Gasteiger partial charge in [-0.2, -0.15) is 0 Å².